The van der Waals surface area contributed by atoms with E-state index in [9.17, 15) is 0 Å². The SMILES string of the molecule is COCCN/C=C(\C=N)c1ccc(-n2nnc3cnc(NC4CCCC4)nc32)nc1. The molecule has 1 saturated carbocycles. The Hall–Kier alpha value is -3.40. The molecule has 3 N–H and O–H groups in total. The van der Waals surface area contributed by atoms with Crippen LogP contribution in [0.4, 0.5) is 5.95 Å². The van der Waals surface area contributed by atoms with Crippen LogP contribution in [0, 0.1) is 5.41 Å². The lowest BCUT2D eigenvalue weighted by atomic mass is 10.1. The zero-order valence-corrected chi connectivity index (χ0v) is 16.9. The maximum absolute atomic E-state index is 7.65. The monoisotopic (exact) mass is 407 g/mol. The van der Waals surface area contributed by atoms with Crippen molar-refractivity contribution >= 4 is 28.9 Å². The predicted molar refractivity (Wildman–Crippen MR) is 115 cm³/mol. The van der Waals surface area contributed by atoms with E-state index in [0.717, 1.165) is 24.0 Å². The summed E-state index contributed by atoms with van der Waals surface area (Å²) in [4.78, 5) is 13.5. The highest BCUT2D eigenvalue weighted by Crippen LogP contribution is 2.22. The fourth-order valence-corrected chi connectivity index (χ4v) is 3.44. The molecule has 0 amide bonds. The normalized spacial score (nSPS) is 14.9. The van der Waals surface area contributed by atoms with Gasteiger partial charge in [-0.15, -0.1) is 5.10 Å². The van der Waals surface area contributed by atoms with Crippen LogP contribution in [0.1, 0.15) is 31.2 Å². The molecule has 0 aliphatic heterocycles. The van der Waals surface area contributed by atoms with Gasteiger partial charge >= 0.3 is 0 Å². The average Bonchev–Trinajstić information content (AvgIpc) is 3.44. The number of aromatic nitrogens is 6. The van der Waals surface area contributed by atoms with Crippen molar-refractivity contribution in [1.29, 1.82) is 5.41 Å². The molecule has 3 heterocycles. The van der Waals surface area contributed by atoms with Gasteiger partial charge in [0.05, 0.1) is 12.8 Å². The third-order valence-corrected chi connectivity index (χ3v) is 5.04. The average molecular weight is 407 g/mol. The summed E-state index contributed by atoms with van der Waals surface area (Å²) >= 11 is 0. The maximum Gasteiger partial charge on any atom is 0.225 e. The first-order chi connectivity index (χ1) is 14.8. The van der Waals surface area contributed by atoms with Crippen LogP contribution >= 0.6 is 0 Å². The lowest BCUT2D eigenvalue weighted by molar-refractivity contribution is 0.203. The van der Waals surface area contributed by atoms with Crippen molar-refractivity contribution in [2.24, 2.45) is 0 Å². The summed E-state index contributed by atoms with van der Waals surface area (Å²) in [5.41, 5.74) is 2.76. The molecule has 156 valence electrons. The highest BCUT2D eigenvalue weighted by Gasteiger charge is 2.17. The number of rotatable bonds is 9. The van der Waals surface area contributed by atoms with Crippen LogP contribution < -0.4 is 10.6 Å². The first-order valence-electron chi connectivity index (χ1n) is 10.0. The molecule has 1 aliphatic rings. The molecule has 0 unspecified atom stereocenters. The third-order valence-electron chi connectivity index (χ3n) is 5.04. The van der Waals surface area contributed by atoms with Crippen LogP contribution in [-0.4, -0.2) is 62.5 Å². The Labute approximate surface area is 174 Å². The van der Waals surface area contributed by atoms with Gasteiger partial charge in [-0.05, 0) is 25.0 Å². The second kappa shape index (κ2) is 9.40. The fourth-order valence-electron chi connectivity index (χ4n) is 3.44. The number of nitrogens with one attached hydrogen (secondary N) is 3. The zero-order valence-electron chi connectivity index (χ0n) is 16.9. The first kappa shape index (κ1) is 19.9. The summed E-state index contributed by atoms with van der Waals surface area (Å²) in [5.74, 6) is 1.19. The Morgan fingerprint density at radius 1 is 1.27 bits per heavy atom. The molecule has 1 fully saturated rings. The number of ether oxygens (including phenoxy) is 1. The highest BCUT2D eigenvalue weighted by atomic mass is 16.5. The van der Waals surface area contributed by atoms with Crippen LogP contribution in [0.5, 0.6) is 0 Å². The second-order valence-electron chi connectivity index (χ2n) is 7.13. The molecule has 3 aromatic heterocycles. The van der Waals surface area contributed by atoms with E-state index in [-0.39, 0.29) is 0 Å². The number of hydrogen-bond acceptors (Lipinski definition) is 9. The maximum atomic E-state index is 7.65. The van der Waals surface area contributed by atoms with Crippen molar-refractivity contribution in [1.82, 2.24) is 35.3 Å². The minimum Gasteiger partial charge on any atom is -0.388 e. The summed E-state index contributed by atoms with van der Waals surface area (Å²) < 4.78 is 6.61. The molecule has 0 atom stereocenters. The largest absolute Gasteiger partial charge is 0.388 e. The molecule has 0 bridgehead atoms. The number of nitrogens with zero attached hydrogens (tertiary/aromatic N) is 6. The summed E-state index contributed by atoms with van der Waals surface area (Å²) in [6.07, 6.45) is 11.2. The minimum absolute atomic E-state index is 0.424. The standard InChI is InChI=1S/C20H25N9O/c1-30-9-8-22-11-15(10-21)14-6-7-18(23-12-14)29-19-17(27-28-29)13-24-20(26-19)25-16-4-2-3-5-16/h6-7,10-13,16,21-22H,2-5,8-9H2,1H3,(H,24,25,26)/b15-11+,21-10?. The van der Waals surface area contributed by atoms with Crippen LogP contribution in [-0.2, 0) is 4.74 Å². The van der Waals surface area contributed by atoms with E-state index >= 15 is 0 Å². The van der Waals surface area contributed by atoms with Crippen molar-refractivity contribution in [2.45, 2.75) is 31.7 Å². The van der Waals surface area contributed by atoms with E-state index in [0.29, 0.717) is 42.1 Å². The summed E-state index contributed by atoms with van der Waals surface area (Å²) in [5, 5.41) is 22.5. The van der Waals surface area contributed by atoms with Crippen LogP contribution in [0.2, 0.25) is 0 Å². The van der Waals surface area contributed by atoms with Crippen LogP contribution in [0.25, 0.3) is 22.6 Å². The smallest absolute Gasteiger partial charge is 0.225 e. The van der Waals surface area contributed by atoms with Gasteiger partial charge in [0, 0.05) is 49.4 Å². The quantitative estimate of drug-likeness (QED) is 0.364. The van der Waals surface area contributed by atoms with E-state index in [1.165, 1.54) is 19.1 Å². The van der Waals surface area contributed by atoms with Crippen molar-refractivity contribution in [3.63, 3.8) is 0 Å². The van der Waals surface area contributed by atoms with Gasteiger partial charge in [-0.1, -0.05) is 18.1 Å². The molecule has 1 aliphatic carbocycles. The van der Waals surface area contributed by atoms with E-state index in [1.54, 1.807) is 30.4 Å². The number of anilines is 1. The third kappa shape index (κ3) is 4.43. The van der Waals surface area contributed by atoms with Gasteiger partial charge in [0.2, 0.25) is 5.95 Å². The van der Waals surface area contributed by atoms with E-state index < -0.39 is 0 Å². The Bertz CT molecular complexity index is 1020. The number of fused-ring (bicyclic) bond motifs is 1. The predicted octanol–water partition coefficient (Wildman–Crippen LogP) is 2.19. The van der Waals surface area contributed by atoms with Crippen molar-refractivity contribution in [3.05, 3.63) is 36.3 Å². The Morgan fingerprint density at radius 3 is 2.87 bits per heavy atom. The van der Waals surface area contributed by atoms with Gasteiger partial charge in [-0.25, -0.2) is 9.97 Å². The fraction of sp³-hybridized carbons (Fsp3) is 0.400. The Kier molecular flexibility index (Phi) is 6.23. The molecular formula is C20H25N9O. The van der Waals surface area contributed by atoms with Gasteiger partial charge in [0.1, 0.15) is 0 Å². The van der Waals surface area contributed by atoms with Gasteiger partial charge < -0.3 is 20.8 Å². The first-order valence-corrected chi connectivity index (χ1v) is 10.0. The second-order valence-corrected chi connectivity index (χ2v) is 7.13. The number of allylic oxidation sites excluding steroid dienone is 1. The topological polar surface area (TPSA) is 127 Å². The number of hydrogen-bond donors (Lipinski definition) is 3. The molecule has 0 aromatic carbocycles. The van der Waals surface area contributed by atoms with Gasteiger partial charge in [0.25, 0.3) is 0 Å². The number of methoxy groups -OCH3 is 1. The lowest BCUT2D eigenvalue weighted by Gasteiger charge is -2.11. The zero-order chi connectivity index (χ0) is 20.8. The molecular weight excluding hydrogens is 382 g/mol. The molecule has 10 nitrogen and oxygen atoms in total. The van der Waals surface area contributed by atoms with Crippen LogP contribution in [0.3, 0.4) is 0 Å². The highest BCUT2D eigenvalue weighted by molar-refractivity contribution is 6.08. The summed E-state index contributed by atoms with van der Waals surface area (Å²) in [6, 6.07) is 4.15. The molecule has 30 heavy (non-hydrogen) atoms. The number of pyridine rings is 1. The summed E-state index contributed by atoms with van der Waals surface area (Å²) in [7, 11) is 1.65. The van der Waals surface area contributed by atoms with E-state index in [1.807, 2.05) is 12.1 Å². The molecule has 0 spiro atoms. The molecule has 0 saturated heterocycles. The lowest BCUT2D eigenvalue weighted by Crippen LogP contribution is -2.16. The summed E-state index contributed by atoms with van der Waals surface area (Å²) in [6.45, 7) is 1.26. The van der Waals surface area contributed by atoms with E-state index in [4.69, 9.17) is 10.1 Å². The van der Waals surface area contributed by atoms with Gasteiger partial charge in [-0.2, -0.15) is 9.67 Å². The van der Waals surface area contributed by atoms with Crippen LogP contribution in [0.15, 0.2) is 30.7 Å². The van der Waals surface area contributed by atoms with Crippen molar-refractivity contribution < 1.29 is 4.74 Å². The van der Waals surface area contributed by atoms with Gasteiger partial charge in [0.15, 0.2) is 17.0 Å². The Balaban J connectivity index is 1.55. The molecule has 10 heteroatoms. The van der Waals surface area contributed by atoms with Crippen molar-refractivity contribution in [3.8, 4) is 5.82 Å². The minimum atomic E-state index is 0.424. The molecule has 4 rings (SSSR count). The van der Waals surface area contributed by atoms with Crippen molar-refractivity contribution in [2.75, 3.05) is 25.6 Å². The molecule has 0 radical (unpaired) electrons. The Morgan fingerprint density at radius 2 is 2.13 bits per heavy atom. The van der Waals surface area contributed by atoms with Gasteiger partial charge in [-0.3, -0.25) is 0 Å². The molecule has 3 aromatic rings. The van der Waals surface area contributed by atoms with E-state index in [2.05, 4.69) is 35.9 Å².